The van der Waals surface area contributed by atoms with Gasteiger partial charge >= 0.3 is 0 Å². The number of sulfonamides is 1. The maximum Gasteiger partial charge on any atom is 0.264 e. The summed E-state index contributed by atoms with van der Waals surface area (Å²) in [7, 11) is -2.32. The Morgan fingerprint density at radius 1 is 0.967 bits per heavy atom. The number of nitrogens with zero attached hydrogens (tertiary/aromatic N) is 1. The van der Waals surface area contributed by atoms with Gasteiger partial charge in [0.1, 0.15) is 6.54 Å². The average Bonchev–Trinajstić information content (AvgIpc) is 2.74. The molecule has 1 amide bonds. The van der Waals surface area contributed by atoms with E-state index < -0.39 is 15.9 Å². The third kappa shape index (κ3) is 5.25. The summed E-state index contributed by atoms with van der Waals surface area (Å²) in [5, 5.41) is 2.78. The van der Waals surface area contributed by atoms with Crippen molar-refractivity contribution in [3.05, 3.63) is 90.0 Å². The molecule has 0 saturated carbocycles. The molecule has 0 saturated heterocycles. The molecule has 0 heterocycles. The van der Waals surface area contributed by atoms with Gasteiger partial charge in [-0.15, -0.1) is 0 Å². The van der Waals surface area contributed by atoms with Crippen molar-refractivity contribution < 1.29 is 17.9 Å². The van der Waals surface area contributed by atoms with Crippen LogP contribution in [-0.4, -0.2) is 28.0 Å². The fourth-order valence-corrected chi connectivity index (χ4v) is 4.42. The molecule has 3 rings (SSSR count). The molecule has 0 atom stereocenters. The maximum absolute atomic E-state index is 13.3. The van der Waals surface area contributed by atoms with Gasteiger partial charge < -0.3 is 10.1 Å². The number of rotatable bonds is 8. The van der Waals surface area contributed by atoms with Gasteiger partial charge in [-0.25, -0.2) is 8.42 Å². The first-order valence-electron chi connectivity index (χ1n) is 9.42. The normalized spacial score (nSPS) is 11.1. The molecule has 0 bridgehead atoms. The summed E-state index contributed by atoms with van der Waals surface area (Å²) < 4.78 is 32.8. The van der Waals surface area contributed by atoms with Crippen LogP contribution in [0.15, 0.2) is 83.8 Å². The Morgan fingerprint density at radius 2 is 1.67 bits per heavy atom. The summed E-state index contributed by atoms with van der Waals surface area (Å²) >= 11 is 0. The molecular weight excluding hydrogens is 400 g/mol. The zero-order valence-electron chi connectivity index (χ0n) is 16.9. The predicted octanol–water partition coefficient (Wildman–Crippen LogP) is 3.98. The molecule has 156 valence electrons. The summed E-state index contributed by atoms with van der Waals surface area (Å²) in [6.45, 7) is 1.98. The Labute approximate surface area is 177 Å². The third-order valence-electron chi connectivity index (χ3n) is 4.46. The van der Waals surface area contributed by atoms with Crippen LogP contribution in [0.2, 0.25) is 0 Å². The summed E-state index contributed by atoms with van der Waals surface area (Å²) in [6.07, 6.45) is 0. The molecule has 30 heavy (non-hydrogen) atoms. The van der Waals surface area contributed by atoms with Gasteiger partial charge in [-0.2, -0.15) is 0 Å². The lowest BCUT2D eigenvalue weighted by Gasteiger charge is -2.24. The number of hydrogen-bond acceptors (Lipinski definition) is 4. The van der Waals surface area contributed by atoms with Crippen molar-refractivity contribution in [1.82, 2.24) is 0 Å². The van der Waals surface area contributed by atoms with Crippen molar-refractivity contribution in [2.24, 2.45) is 0 Å². The molecule has 0 aromatic heterocycles. The van der Waals surface area contributed by atoms with Crippen LogP contribution in [0.25, 0.3) is 0 Å². The average molecular weight is 425 g/mol. The lowest BCUT2D eigenvalue weighted by molar-refractivity contribution is -0.114. The quantitative estimate of drug-likeness (QED) is 0.594. The molecule has 0 aliphatic rings. The van der Waals surface area contributed by atoms with E-state index in [0.29, 0.717) is 18.0 Å². The van der Waals surface area contributed by atoms with Crippen molar-refractivity contribution in [2.45, 2.75) is 18.4 Å². The molecule has 0 unspecified atom stereocenters. The summed E-state index contributed by atoms with van der Waals surface area (Å²) in [5.74, 6) is -0.440. The van der Waals surface area contributed by atoms with Crippen LogP contribution in [0.4, 0.5) is 11.4 Å². The molecule has 0 aliphatic carbocycles. The molecule has 0 spiro atoms. The molecule has 6 nitrogen and oxygen atoms in total. The fourth-order valence-electron chi connectivity index (χ4n) is 2.98. The van der Waals surface area contributed by atoms with Crippen molar-refractivity contribution in [2.75, 3.05) is 23.3 Å². The first-order valence-corrected chi connectivity index (χ1v) is 10.9. The minimum atomic E-state index is -3.92. The van der Waals surface area contributed by atoms with Gasteiger partial charge in [0.05, 0.1) is 17.2 Å². The van der Waals surface area contributed by atoms with Crippen LogP contribution in [0, 0.1) is 6.92 Å². The predicted molar refractivity (Wildman–Crippen MR) is 118 cm³/mol. The molecule has 1 N–H and O–H groups in total. The van der Waals surface area contributed by atoms with E-state index in [1.165, 1.54) is 12.1 Å². The van der Waals surface area contributed by atoms with Crippen molar-refractivity contribution >= 4 is 27.3 Å². The summed E-state index contributed by atoms with van der Waals surface area (Å²) in [6, 6.07) is 22.3. The molecular formula is C23H24N2O4S. The number of benzene rings is 3. The van der Waals surface area contributed by atoms with Gasteiger partial charge in [-0.05, 0) is 48.9 Å². The first-order chi connectivity index (χ1) is 14.4. The van der Waals surface area contributed by atoms with E-state index in [0.717, 1.165) is 15.4 Å². The van der Waals surface area contributed by atoms with E-state index in [4.69, 9.17) is 4.74 Å². The van der Waals surface area contributed by atoms with Crippen molar-refractivity contribution in [3.8, 4) is 0 Å². The lowest BCUT2D eigenvalue weighted by Crippen LogP contribution is -2.38. The van der Waals surface area contributed by atoms with Crippen LogP contribution in [0.5, 0.6) is 0 Å². The van der Waals surface area contributed by atoms with E-state index in [1.54, 1.807) is 49.6 Å². The van der Waals surface area contributed by atoms with E-state index in [1.807, 2.05) is 31.2 Å². The number of ether oxygens (including phenoxy) is 1. The van der Waals surface area contributed by atoms with Gasteiger partial charge in [0.2, 0.25) is 5.91 Å². The zero-order valence-corrected chi connectivity index (χ0v) is 17.7. The highest BCUT2D eigenvalue weighted by Gasteiger charge is 2.27. The van der Waals surface area contributed by atoms with Crippen LogP contribution < -0.4 is 9.62 Å². The van der Waals surface area contributed by atoms with Crippen LogP contribution in [0.3, 0.4) is 0 Å². The Kier molecular flexibility index (Phi) is 6.87. The van der Waals surface area contributed by atoms with Crippen molar-refractivity contribution in [3.63, 3.8) is 0 Å². The molecule has 3 aromatic carbocycles. The smallest absolute Gasteiger partial charge is 0.264 e. The number of methoxy groups -OCH3 is 1. The highest BCUT2D eigenvalue weighted by molar-refractivity contribution is 7.92. The second kappa shape index (κ2) is 9.56. The number of carbonyl (C=O) groups is 1. The number of amides is 1. The molecule has 0 radical (unpaired) electrons. The van der Waals surface area contributed by atoms with Crippen molar-refractivity contribution in [1.29, 1.82) is 0 Å². The number of nitrogens with one attached hydrogen (secondary N) is 1. The highest BCUT2D eigenvalue weighted by Crippen LogP contribution is 2.24. The number of anilines is 2. The van der Waals surface area contributed by atoms with E-state index in [2.05, 4.69) is 5.32 Å². The zero-order chi connectivity index (χ0) is 21.6. The third-order valence-corrected chi connectivity index (χ3v) is 6.25. The van der Waals surface area contributed by atoms with Gasteiger partial charge in [0, 0.05) is 12.8 Å². The standard InChI is InChI=1S/C23H24N2O4S/c1-18-11-13-21(14-12-18)25(30(27,28)22-9-4-3-5-10-22)16-23(26)24-20-8-6-7-19(15-20)17-29-2/h3-15H,16-17H2,1-2H3,(H,24,26). The van der Waals surface area contributed by atoms with Gasteiger partial charge in [0.15, 0.2) is 0 Å². The summed E-state index contributed by atoms with van der Waals surface area (Å²) in [5.41, 5.74) is 2.90. The first kappa shape index (κ1) is 21.5. The monoisotopic (exact) mass is 424 g/mol. The van der Waals surface area contributed by atoms with E-state index in [-0.39, 0.29) is 11.4 Å². The van der Waals surface area contributed by atoms with Crippen LogP contribution in [-0.2, 0) is 26.2 Å². The Bertz CT molecular complexity index is 1100. The summed E-state index contributed by atoms with van der Waals surface area (Å²) in [4.78, 5) is 12.9. The Morgan fingerprint density at radius 3 is 2.33 bits per heavy atom. The molecule has 3 aromatic rings. The highest BCUT2D eigenvalue weighted by atomic mass is 32.2. The number of hydrogen-bond donors (Lipinski definition) is 1. The van der Waals surface area contributed by atoms with Gasteiger partial charge in [-0.3, -0.25) is 9.10 Å². The largest absolute Gasteiger partial charge is 0.380 e. The number of carbonyl (C=O) groups excluding carboxylic acids is 1. The molecule has 0 aliphatic heterocycles. The SMILES string of the molecule is COCc1cccc(NC(=O)CN(c2ccc(C)cc2)S(=O)(=O)c2ccccc2)c1. The van der Waals surface area contributed by atoms with Crippen LogP contribution >= 0.6 is 0 Å². The number of aryl methyl sites for hydroxylation is 1. The molecule has 0 fully saturated rings. The lowest BCUT2D eigenvalue weighted by atomic mass is 10.2. The van der Waals surface area contributed by atoms with Gasteiger partial charge in [0.25, 0.3) is 10.0 Å². The second-order valence-electron chi connectivity index (χ2n) is 6.84. The minimum Gasteiger partial charge on any atom is -0.380 e. The second-order valence-corrected chi connectivity index (χ2v) is 8.70. The topological polar surface area (TPSA) is 75.7 Å². The minimum absolute atomic E-state index is 0.125. The van der Waals surface area contributed by atoms with E-state index in [9.17, 15) is 13.2 Å². The Hall–Kier alpha value is -3.16. The van der Waals surface area contributed by atoms with Gasteiger partial charge in [-0.1, -0.05) is 48.0 Å². The fraction of sp³-hybridized carbons (Fsp3) is 0.174. The molecule has 7 heteroatoms. The maximum atomic E-state index is 13.3. The Balaban J connectivity index is 1.88. The van der Waals surface area contributed by atoms with E-state index >= 15 is 0 Å². The van der Waals surface area contributed by atoms with Crippen LogP contribution in [0.1, 0.15) is 11.1 Å².